The molecule has 2 atom stereocenters. The van der Waals surface area contributed by atoms with Gasteiger partial charge in [-0.25, -0.2) is 0 Å². The van der Waals surface area contributed by atoms with Crippen molar-refractivity contribution in [2.75, 3.05) is 12.4 Å². The van der Waals surface area contributed by atoms with Crippen molar-refractivity contribution in [1.82, 2.24) is 0 Å². The van der Waals surface area contributed by atoms with Crippen molar-refractivity contribution in [2.45, 2.75) is 24.5 Å². The van der Waals surface area contributed by atoms with Crippen molar-refractivity contribution in [1.29, 1.82) is 0 Å². The Morgan fingerprint density at radius 1 is 1.10 bits per heavy atom. The van der Waals surface area contributed by atoms with Crippen molar-refractivity contribution in [2.24, 2.45) is 0 Å². The van der Waals surface area contributed by atoms with Gasteiger partial charge in [-0.1, -0.05) is 48.0 Å². The van der Waals surface area contributed by atoms with Crippen LogP contribution in [0.4, 0.5) is 0 Å². The first-order chi connectivity index (χ1) is 10.1. The van der Waals surface area contributed by atoms with E-state index in [0.717, 1.165) is 16.0 Å². The van der Waals surface area contributed by atoms with Crippen LogP contribution in [0.2, 0.25) is 0 Å². The zero-order valence-corrected chi connectivity index (χ0v) is 12.9. The van der Waals surface area contributed by atoms with Gasteiger partial charge < -0.3 is 9.84 Å². The van der Waals surface area contributed by atoms with E-state index in [0.29, 0.717) is 6.61 Å². The molecule has 0 saturated carbocycles. The summed E-state index contributed by atoms with van der Waals surface area (Å²) in [4.78, 5) is 0.739. The number of ether oxygens (including phenoxy) is 1. The highest BCUT2D eigenvalue weighted by Crippen LogP contribution is 2.10. The Balaban J connectivity index is 1.75. The number of aryl methyl sites for hydroxylation is 1. The van der Waals surface area contributed by atoms with Gasteiger partial charge in [0, 0.05) is 4.90 Å². The van der Waals surface area contributed by atoms with Gasteiger partial charge in [-0.05, 0) is 24.6 Å². The SMILES string of the molecule is Cc1ccc([S@@](=O)C[C@H](O)COCc2ccccc2)cc1. The highest BCUT2D eigenvalue weighted by atomic mass is 32.2. The van der Waals surface area contributed by atoms with E-state index in [9.17, 15) is 9.32 Å². The summed E-state index contributed by atoms with van der Waals surface area (Å²) in [6.07, 6.45) is -0.726. The van der Waals surface area contributed by atoms with Gasteiger partial charge in [0.1, 0.15) is 0 Å². The summed E-state index contributed by atoms with van der Waals surface area (Å²) in [6.45, 7) is 2.63. The van der Waals surface area contributed by atoms with Crippen molar-refractivity contribution in [3.8, 4) is 0 Å². The van der Waals surface area contributed by atoms with Crippen molar-refractivity contribution < 1.29 is 14.1 Å². The fraction of sp³-hybridized carbons (Fsp3) is 0.294. The summed E-state index contributed by atoms with van der Waals surface area (Å²) in [5.41, 5.74) is 2.19. The second-order valence-electron chi connectivity index (χ2n) is 4.98. The molecule has 0 amide bonds. The lowest BCUT2D eigenvalue weighted by atomic mass is 10.2. The van der Waals surface area contributed by atoms with Gasteiger partial charge in [0.2, 0.25) is 0 Å². The number of rotatable bonds is 7. The van der Waals surface area contributed by atoms with Gasteiger partial charge in [-0.3, -0.25) is 4.21 Å². The van der Waals surface area contributed by atoms with Crippen molar-refractivity contribution >= 4 is 10.8 Å². The van der Waals surface area contributed by atoms with Crippen molar-refractivity contribution in [3.63, 3.8) is 0 Å². The maximum absolute atomic E-state index is 12.1. The molecule has 1 N–H and O–H groups in total. The summed E-state index contributed by atoms with van der Waals surface area (Å²) < 4.78 is 17.5. The van der Waals surface area contributed by atoms with E-state index in [-0.39, 0.29) is 12.4 Å². The summed E-state index contributed by atoms with van der Waals surface area (Å²) in [6, 6.07) is 17.3. The normalized spacial score (nSPS) is 13.8. The molecule has 0 aliphatic carbocycles. The Kier molecular flexibility index (Phi) is 6.11. The molecule has 2 aromatic carbocycles. The van der Waals surface area contributed by atoms with Gasteiger partial charge in [0.05, 0.1) is 35.9 Å². The first-order valence-electron chi connectivity index (χ1n) is 6.90. The minimum Gasteiger partial charge on any atom is -0.390 e. The molecule has 2 aromatic rings. The predicted octanol–water partition coefficient (Wildman–Crippen LogP) is 2.68. The number of hydrogen-bond acceptors (Lipinski definition) is 3. The van der Waals surface area contributed by atoms with Gasteiger partial charge in [-0.15, -0.1) is 0 Å². The second kappa shape index (κ2) is 8.08. The Bertz CT molecular complexity index is 566. The lowest BCUT2D eigenvalue weighted by Gasteiger charge is -2.11. The third kappa shape index (κ3) is 5.42. The smallest absolute Gasteiger partial charge is 0.0892 e. The number of hydrogen-bond donors (Lipinski definition) is 1. The largest absolute Gasteiger partial charge is 0.390 e. The van der Waals surface area contributed by atoms with Crippen LogP contribution in [0.3, 0.4) is 0 Å². The molecule has 0 aromatic heterocycles. The van der Waals surface area contributed by atoms with E-state index in [1.165, 1.54) is 0 Å². The molecule has 0 unspecified atom stereocenters. The third-order valence-electron chi connectivity index (χ3n) is 3.05. The monoisotopic (exact) mass is 304 g/mol. The lowest BCUT2D eigenvalue weighted by Crippen LogP contribution is -2.22. The van der Waals surface area contributed by atoms with Crippen LogP contribution in [-0.2, 0) is 22.1 Å². The number of aliphatic hydroxyl groups is 1. The number of aliphatic hydroxyl groups excluding tert-OH is 1. The summed E-state index contributed by atoms with van der Waals surface area (Å²) in [7, 11) is -1.20. The van der Waals surface area contributed by atoms with E-state index < -0.39 is 16.9 Å². The maximum Gasteiger partial charge on any atom is 0.0892 e. The van der Waals surface area contributed by atoms with E-state index >= 15 is 0 Å². The molecular formula is C17H20O3S. The minimum atomic E-state index is -1.20. The van der Waals surface area contributed by atoms with Gasteiger partial charge in [0.25, 0.3) is 0 Å². The molecule has 0 fully saturated rings. The molecule has 21 heavy (non-hydrogen) atoms. The van der Waals surface area contributed by atoms with E-state index in [1.54, 1.807) is 0 Å². The first-order valence-corrected chi connectivity index (χ1v) is 8.22. The molecule has 4 heteroatoms. The summed E-state index contributed by atoms with van der Waals surface area (Å²) in [5.74, 6) is 0.192. The quantitative estimate of drug-likeness (QED) is 0.855. The van der Waals surface area contributed by atoms with Crippen LogP contribution in [0.25, 0.3) is 0 Å². The molecule has 0 aliphatic rings. The van der Waals surface area contributed by atoms with Gasteiger partial charge in [0.15, 0.2) is 0 Å². The molecule has 0 saturated heterocycles. The fourth-order valence-corrected chi connectivity index (χ4v) is 2.97. The average molecular weight is 304 g/mol. The molecular weight excluding hydrogens is 284 g/mol. The summed E-state index contributed by atoms with van der Waals surface area (Å²) in [5, 5.41) is 9.90. The zero-order valence-electron chi connectivity index (χ0n) is 12.1. The molecule has 0 heterocycles. The molecule has 112 valence electrons. The standard InChI is InChI=1S/C17H20O3S/c1-14-7-9-17(10-8-14)21(19)13-16(18)12-20-11-15-5-3-2-4-6-15/h2-10,16,18H,11-13H2,1H3/t16-,21+/m1/s1. The van der Waals surface area contributed by atoms with Crippen LogP contribution in [0, 0.1) is 6.92 Å². The Morgan fingerprint density at radius 3 is 2.43 bits per heavy atom. The van der Waals surface area contributed by atoms with Crippen LogP contribution in [-0.4, -0.2) is 27.8 Å². The maximum atomic E-state index is 12.1. The van der Waals surface area contributed by atoms with Gasteiger partial charge in [-0.2, -0.15) is 0 Å². The van der Waals surface area contributed by atoms with Crippen LogP contribution in [0.1, 0.15) is 11.1 Å². The Morgan fingerprint density at radius 2 is 1.76 bits per heavy atom. The lowest BCUT2D eigenvalue weighted by molar-refractivity contribution is 0.0394. The molecule has 0 aliphatic heterocycles. The Labute approximate surface area is 128 Å². The van der Waals surface area contributed by atoms with Crippen LogP contribution in [0.15, 0.2) is 59.5 Å². The molecule has 0 spiro atoms. The predicted molar refractivity (Wildman–Crippen MR) is 84.6 cm³/mol. The van der Waals surface area contributed by atoms with E-state index in [1.807, 2.05) is 61.5 Å². The van der Waals surface area contributed by atoms with Crippen LogP contribution < -0.4 is 0 Å². The average Bonchev–Trinajstić information content (AvgIpc) is 2.49. The highest BCUT2D eigenvalue weighted by Gasteiger charge is 2.11. The minimum absolute atomic E-state index is 0.187. The third-order valence-corrected chi connectivity index (χ3v) is 4.53. The molecule has 3 nitrogen and oxygen atoms in total. The molecule has 2 rings (SSSR count). The molecule has 0 bridgehead atoms. The van der Waals surface area contributed by atoms with E-state index in [4.69, 9.17) is 4.74 Å². The van der Waals surface area contributed by atoms with E-state index in [2.05, 4.69) is 0 Å². The van der Waals surface area contributed by atoms with Crippen LogP contribution >= 0.6 is 0 Å². The Hall–Kier alpha value is -1.49. The fourth-order valence-electron chi connectivity index (χ4n) is 1.90. The van der Waals surface area contributed by atoms with Crippen LogP contribution in [0.5, 0.6) is 0 Å². The second-order valence-corrected chi connectivity index (χ2v) is 6.48. The van der Waals surface area contributed by atoms with Crippen molar-refractivity contribution in [3.05, 3.63) is 65.7 Å². The number of benzene rings is 2. The van der Waals surface area contributed by atoms with Gasteiger partial charge >= 0.3 is 0 Å². The highest BCUT2D eigenvalue weighted by molar-refractivity contribution is 7.85. The zero-order chi connectivity index (χ0) is 15.1. The topological polar surface area (TPSA) is 46.5 Å². The molecule has 0 radical (unpaired) electrons. The first kappa shape index (κ1) is 15.9. The summed E-state index contributed by atoms with van der Waals surface area (Å²) >= 11 is 0.